The number of nitrogens with one attached hydrogen (secondary N) is 1. The zero-order chi connectivity index (χ0) is 25.5. The van der Waals surface area contributed by atoms with Gasteiger partial charge in [0.1, 0.15) is 11.1 Å². The molecule has 0 saturated heterocycles. The van der Waals surface area contributed by atoms with Crippen LogP contribution in [0.5, 0.6) is 11.5 Å². The van der Waals surface area contributed by atoms with Crippen LogP contribution in [0.3, 0.4) is 0 Å². The number of hydrogen-bond acceptors (Lipinski definition) is 10. The summed E-state index contributed by atoms with van der Waals surface area (Å²) in [5.41, 5.74) is 4.99. The highest BCUT2D eigenvalue weighted by molar-refractivity contribution is 7.13. The van der Waals surface area contributed by atoms with E-state index in [1.807, 2.05) is 37.3 Å². The lowest BCUT2D eigenvalue weighted by Gasteiger charge is -2.36. The maximum Gasteiger partial charge on any atom is 0.376 e. The molecule has 0 spiro atoms. The Morgan fingerprint density at radius 2 is 2.06 bits per heavy atom. The van der Waals surface area contributed by atoms with Crippen molar-refractivity contribution < 1.29 is 28.6 Å². The SMILES string of the molecule is CCOc1cc(C2CC(OC(C)=O)CCC2NOC(=O)c2csc(-c3cccnc3)n2)ccc1OC. The third kappa shape index (κ3) is 6.19. The molecule has 10 heteroatoms. The molecule has 0 bridgehead atoms. The highest BCUT2D eigenvalue weighted by atomic mass is 32.1. The first-order valence-electron chi connectivity index (χ1n) is 11.8. The number of carbonyl (C=O) groups is 2. The molecule has 1 saturated carbocycles. The summed E-state index contributed by atoms with van der Waals surface area (Å²) in [6.07, 6.45) is 5.03. The standard InChI is InChI=1S/C26H29N3O6S/c1-4-33-24-12-17(7-10-23(24)32-3)20-13-19(34-16(2)30)8-9-21(20)29-35-26(31)22-15-36-25(28-22)18-6-5-11-27-14-18/h5-7,10-12,14-15,19-21,29H,4,8-9,13H2,1-3H3. The van der Waals surface area contributed by atoms with Gasteiger partial charge in [-0.2, -0.15) is 0 Å². The van der Waals surface area contributed by atoms with E-state index in [9.17, 15) is 9.59 Å². The third-order valence-electron chi connectivity index (χ3n) is 5.98. The van der Waals surface area contributed by atoms with Crippen molar-refractivity contribution in [2.75, 3.05) is 13.7 Å². The van der Waals surface area contributed by atoms with Crippen LogP contribution in [0.1, 0.15) is 55.1 Å². The van der Waals surface area contributed by atoms with E-state index >= 15 is 0 Å². The Kier molecular flexibility index (Phi) is 8.50. The van der Waals surface area contributed by atoms with Crippen LogP contribution in [0.4, 0.5) is 0 Å². The number of thiazole rings is 1. The first-order valence-corrected chi connectivity index (χ1v) is 12.7. The highest BCUT2D eigenvalue weighted by Gasteiger charge is 2.34. The second-order valence-electron chi connectivity index (χ2n) is 8.39. The number of rotatable bonds is 9. The second-order valence-corrected chi connectivity index (χ2v) is 9.25. The molecule has 9 nitrogen and oxygen atoms in total. The molecule has 1 aromatic carbocycles. The molecule has 3 aromatic rings. The van der Waals surface area contributed by atoms with Gasteiger partial charge in [0, 0.05) is 36.2 Å². The van der Waals surface area contributed by atoms with E-state index in [0.717, 1.165) is 11.1 Å². The van der Waals surface area contributed by atoms with Gasteiger partial charge in [0.25, 0.3) is 0 Å². The molecular formula is C26H29N3O6S. The number of methoxy groups -OCH3 is 1. The van der Waals surface area contributed by atoms with E-state index in [2.05, 4.69) is 15.4 Å². The van der Waals surface area contributed by atoms with Crippen molar-refractivity contribution in [3.63, 3.8) is 0 Å². The number of nitrogens with zero attached hydrogens (tertiary/aromatic N) is 2. The summed E-state index contributed by atoms with van der Waals surface area (Å²) in [7, 11) is 1.59. The van der Waals surface area contributed by atoms with E-state index in [4.69, 9.17) is 19.0 Å². The van der Waals surface area contributed by atoms with Crippen molar-refractivity contribution in [1.29, 1.82) is 0 Å². The fourth-order valence-electron chi connectivity index (χ4n) is 4.35. The Balaban J connectivity index is 1.49. The topological polar surface area (TPSA) is 109 Å². The molecule has 1 fully saturated rings. The third-order valence-corrected chi connectivity index (χ3v) is 6.87. The molecule has 1 N–H and O–H groups in total. The summed E-state index contributed by atoms with van der Waals surface area (Å²) in [5.74, 6) is 0.300. The lowest BCUT2D eigenvalue weighted by atomic mass is 9.79. The van der Waals surface area contributed by atoms with E-state index < -0.39 is 5.97 Å². The van der Waals surface area contributed by atoms with Crippen molar-refractivity contribution in [2.24, 2.45) is 0 Å². The van der Waals surface area contributed by atoms with Crippen molar-refractivity contribution in [2.45, 2.75) is 51.2 Å². The zero-order valence-electron chi connectivity index (χ0n) is 20.4. The van der Waals surface area contributed by atoms with Gasteiger partial charge < -0.3 is 19.0 Å². The molecule has 0 amide bonds. The molecule has 36 heavy (non-hydrogen) atoms. The molecule has 1 aliphatic carbocycles. The maximum absolute atomic E-state index is 12.7. The van der Waals surface area contributed by atoms with Crippen LogP contribution in [0.25, 0.3) is 10.6 Å². The minimum Gasteiger partial charge on any atom is -0.493 e. The van der Waals surface area contributed by atoms with Crippen LogP contribution in [-0.4, -0.2) is 47.8 Å². The van der Waals surface area contributed by atoms with Gasteiger partial charge >= 0.3 is 11.9 Å². The fraction of sp³-hybridized carbons (Fsp3) is 0.385. The Morgan fingerprint density at radius 3 is 2.78 bits per heavy atom. The molecule has 0 aliphatic heterocycles. The number of benzene rings is 1. The van der Waals surface area contributed by atoms with Gasteiger partial charge in [-0.15, -0.1) is 16.8 Å². The maximum atomic E-state index is 12.7. The first kappa shape index (κ1) is 25.6. The summed E-state index contributed by atoms with van der Waals surface area (Å²) in [5, 5.41) is 2.36. The molecule has 2 aromatic heterocycles. The number of carbonyl (C=O) groups excluding carboxylic acids is 2. The number of hydroxylamine groups is 1. The van der Waals surface area contributed by atoms with E-state index in [0.29, 0.717) is 42.4 Å². The van der Waals surface area contributed by atoms with Gasteiger partial charge in [-0.1, -0.05) is 6.07 Å². The number of hydrogen-bond donors (Lipinski definition) is 1. The van der Waals surface area contributed by atoms with Crippen LogP contribution in [-0.2, 0) is 14.4 Å². The minimum atomic E-state index is -0.563. The summed E-state index contributed by atoms with van der Waals surface area (Å²) in [4.78, 5) is 38.3. The second kappa shape index (κ2) is 12.0. The Bertz CT molecular complexity index is 1190. The number of esters is 1. The number of aromatic nitrogens is 2. The predicted molar refractivity (Wildman–Crippen MR) is 134 cm³/mol. The van der Waals surface area contributed by atoms with Crippen molar-refractivity contribution >= 4 is 23.3 Å². The summed E-state index contributed by atoms with van der Waals surface area (Å²) >= 11 is 1.35. The predicted octanol–water partition coefficient (Wildman–Crippen LogP) is 4.54. The van der Waals surface area contributed by atoms with Crippen molar-refractivity contribution in [1.82, 2.24) is 15.4 Å². The van der Waals surface area contributed by atoms with Crippen LogP contribution in [0, 0.1) is 0 Å². The van der Waals surface area contributed by atoms with Gasteiger partial charge in [0.2, 0.25) is 0 Å². The molecule has 2 heterocycles. The van der Waals surface area contributed by atoms with Crippen LogP contribution >= 0.6 is 11.3 Å². The van der Waals surface area contributed by atoms with Gasteiger partial charge in [-0.25, -0.2) is 9.78 Å². The average molecular weight is 512 g/mol. The van der Waals surface area contributed by atoms with Crippen LogP contribution in [0.2, 0.25) is 0 Å². The van der Waals surface area contributed by atoms with E-state index in [1.165, 1.54) is 18.3 Å². The van der Waals surface area contributed by atoms with Gasteiger partial charge in [-0.3, -0.25) is 9.78 Å². The minimum absolute atomic E-state index is 0.0950. The Hall–Kier alpha value is -3.50. The monoisotopic (exact) mass is 511 g/mol. The van der Waals surface area contributed by atoms with Crippen LogP contribution < -0.4 is 15.0 Å². The van der Waals surface area contributed by atoms with Gasteiger partial charge in [0.15, 0.2) is 17.2 Å². The molecule has 190 valence electrons. The first-order chi connectivity index (χ1) is 17.5. The van der Waals surface area contributed by atoms with Gasteiger partial charge in [0.05, 0.1) is 19.8 Å². The van der Waals surface area contributed by atoms with Crippen molar-refractivity contribution in [3.05, 3.63) is 59.4 Å². The zero-order valence-corrected chi connectivity index (χ0v) is 21.2. The lowest BCUT2D eigenvalue weighted by Crippen LogP contribution is -2.42. The Morgan fingerprint density at radius 1 is 1.19 bits per heavy atom. The smallest absolute Gasteiger partial charge is 0.376 e. The van der Waals surface area contributed by atoms with Crippen molar-refractivity contribution in [3.8, 4) is 22.1 Å². The van der Waals surface area contributed by atoms with E-state index in [-0.39, 0.29) is 29.7 Å². The fourth-order valence-corrected chi connectivity index (χ4v) is 5.13. The molecule has 4 rings (SSSR count). The number of pyridine rings is 1. The normalized spacial score (nSPS) is 19.4. The molecule has 0 radical (unpaired) electrons. The molecule has 1 aliphatic rings. The average Bonchev–Trinajstić information content (AvgIpc) is 3.39. The summed E-state index contributed by atoms with van der Waals surface area (Å²) < 4.78 is 16.7. The molecule has 3 atom stereocenters. The molecule has 3 unspecified atom stereocenters. The quantitative estimate of drug-likeness (QED) is 0.327. The number of ether oxygens (including phenoxy) is 3. The van der Waals surface area contributed by atoms with Crippen LogP contribution in [0.15, 0.2) is 48.1 Å². The van der Waals surface area contributed by atoms with E-state index in [1.54, 1.807) is 24.9 Å². The summed E-state index contributed by atoms with van der Waals surface area (Å²) in [6.45, 7) is 3.81. The summed E-state index contributed by atoms with van der Waals surface area (Å²) in [6, 6.07) is 9.25. The van der Waals surface area contributed by atoms with Gasteiger partial charge in [-0.05, 0) is 56.0 Å². The largest absolute Gasteiger partial charge is 0.493 e. The lowest BCUT2D eigenvalue weighted by molar-refractivity contribution is -0.148. The molecular weight excluding hydrogens is 482 g/mol. The highest BCUT2D eigenvalue weighted by Crippen LogP contribution is 2.38. The Labute approximate surface area is 213 Å².